The van der Waals surface area contributed by atoms with Gasteiger partial charge in [-0.05, 0) is 30.9 Å². The summed E-state index contributed by atoms with van der Waals surface area (Å²) in [5.41, 5.74) is 0.715. The van der Waals surface area contributed by atoms with Gasteiger partial charge >= 0.3 is 5.97 Å². The maximum atomic E-state index is 12.2. The van der Waals surface area contributed by atoms with Crippen molar-refractivity contribution in [2.75, 3.05) is 33.3 Å². The zero-order valence-corrected chi connectivity index (χ0v) is 14.6. The molecule has 1 aromatic heterocycles. The van der Waals surface area contributed by atoms with E-state index in [0.717, 1.165) is 55.8 Å². The second-order valence-electron chi connectivity index (χ2n) is 6.95. The van der Waals surface area contributed by atoms with Crippen molar-refractivity contribution in [3.05, 3.63) is 21.4 Å². The van der Waals surface area contributed by atoms with Gasteiger partial charge in [0, 0.05) is 38.0 Å². The molecule has 0 aliphatic carbocycles. The smallest absolute Gasteiger partial charge is 0.345 e. The van der Waals surface area contributed by atoms with E-state index < -0.39 is 5.97 Å². The van der Waals surface area contributed by atoms with Gasteiger partial charge in [0.2, 0.25) is 5.91 Å². The summed E-state index contributed by atoms with van der Waals surface area (Å²) in [7, 11) is 1.86. The highest BCUT2D eigenvalue weighted by Gasteiger charge is 2.45. The van der Waals surface area contributed by atoms with E-state index in [1.165, 1.54) is 11.3 Å². The third-order valence-corrected chi connectivity index (χ3v) is 6.85. The molecule has 0 bridgehead atoms. The van der Waals surface area contributed by atoms with Gasteiger partial charge in [-0.3, -0.25) is 9.69 Å². The Morgan fingerprint density at radius 1 is 1.38 bits per heavy atom. The van der Waals surface area contributed by atoms with Gasteiger partial charge in [0.15, 0.2) is 0 Å². The number of thiophene rings is 1. The van der Waals surface area contributed by atoms with Gasteiger partial charge in [0.1, 0.15) is 4.88 Å². The first-order valence-corrected chi connectivity index (χ1v) is 9.31. The van der Waals surface area contributed by atoms with Crippen molar-refractivity contribution in [1.29, 1.82) is 0 Å². The summed E-state index contributed by atoms with van der Waals surface area (Å²) in [5.74, 6) is -0.638. The largest absolute Gasteiger partial charge is 0.477 e. The number of carboxylic acid groups (broad SMARTS) is 1. The minimum Gasteiger partial charge on any atom is -0.477 e. The molecule has 4 rings (SSSR count). The number of hydrogen-bond donors (Lipinski definition) is 1. The lowest BCUT2D eigenvalue weighted by Gasteiger charge is -2.45. The Bertz CT molecular complexity index is 678. The molecule has 0 saturated carbocycles. The number of nitrogens with zero attached hydrogens (tertiary/aromatic N) is 2. The van der Waals surface area contributed by atoms with E-state index in [1.54, 1.807) is 0 Å². The molecule has 3 aliphatic heterocycles. The topological polar surface area (TPSA) is 70.1 Å². The number of carbonyl (C=O) groups is 2. The molecule has 2 saturated heterocycles. The van der Waals surface area contributed by atoms with E-state index in [1.807, 2.05) is 18.0 Å². The third-order valence-electron chi connectivity index (χ3n) is 5.66. The first-order valence-electron chi connectivity index (χ1n) is 8.50. The van der Waals surface area contributed by atoms with E-state index in [-0.39, 0.29) is 17.6 Å². The first-order chi connectivity index (χ1) is 11.5. The van der Waals surface area contributed by atoms with Crippen molar-refractivity contribution in [3.63, 3.8) is 0 Å². The summed E-state index contributed by atoms with van der Waals surface area (Å²) in [6.45, 7) is 3.12. The van der Waals surface area contributed by atoms with Crippen molar-refractivity contribution in [2.24, 2.45) is 0 Å². The summed E-state index contributed by atoms with van der Waals surface area (Å²) in [4.78, 5) is 29.2. The third kappa shape index (κ3) is 2.46. The molecule has 2 fully saturated rings. The quantitative estimate of drug-likeness (QED) is 0.876. The molecule has 1 spiro atoms. The monoisotopic (exact) mass is 350 g/mol. The molecule has 1 N–H and O–H groups in total. The van der Waals surface area contributed by atoms with Gasteiger partial charge in [0.25, 0.3) is 0 Å². The molecular weight excluding hydrogens is 328 g/mol. The fourth-order valence-corrected chi connectivity index (χ4v) is 5.35. The predicted octanol–water partition coefficient (Wildman–Crippen LogP) is 1.54. The average molecular weight is 350 g/mol. The van der Waals surface area contributed by atoms with Crippen LogP contribution in [0.1, 0.15) is 39.4 Å². The van der Waals surface area contributed by atoms with Crippen LogP contribution in [0, 0.1) is 0 Å². The lowest BCUT2D eigenvalue weighted by molar-refractivity contribution is -0.135. The molecule has 0 aromatic carbocycles. The van der Waals surface area contributed by atoms with Crippen molar-refractivity contribution in [1.82, 2.24) is 9.80 Å². The zero-order chi connectivity index (χ0) is 16.9. The van der Waals surface area contributed by atoms with E-state index in [2.05, 4.69) is 4.90 Å². The van der Waals surface area contributed by atoms with Crippen LogP contribution in [0.25, 0.3) is 0 Å². The number of aromatic carboxylic acids is 1. The Hall–Kier alpha value is -1.44. The standard InChI is InChI=1S/C17H22N2O4S/c1-18-6-2-12(15(18)20)19-7-4-17(5-8-19)11-10-14(16(21)22)24-13(11)3-9-23-17/h10,12H,2-9H2,1H3,(H,21,22). The molecule has 4 heterocycles. The average Bonchev–Trinajstić information content (AvgIpc) is 3.15. The molecule has 1 unspecified atom stereocenters. The fourth-order valence-electron chi connectivity index (χ4n) is 4.28. The molecule has 7 heteroatoms. The summed E-state index contributed by atoms with van der Waals surface area (Å²) < 4.78 is 6.18. The molecule has 1 atom stereocenters. The Balaban J connectivity index is 1.53. The minimum atomic E-state index is -0.860. The molecule has 0 radical (unpaired) electrons. The second kappa shape index (κ2) is 5.82. The molecular formula is C17H22N2O4S. The fraction of sp³-hybridized carbons (Fsp3) is 0.647. The summed E-state index contributed by atoms with van der Waals surface area (Å²) in [6.07, 6.45) is 3.34. The van der Waals surface area contributed by atoms with E-state index in [4.69, 9.17) is 4.74 Å². The van der Waals surface area contributed by atoms with Crippen molar-refractivity contribution in [2.45, 2.75) is 37.3 Å². The number of hydrogen-bond acceptors (Lipinski definition) is 5. The summed E-state index contributed by atoms with van der Waals surface area (Å²) >= 11 is 1.38. The van der Waals surface area contributed by atoms with Gasteiger partial charge in [-0.25, -0.2) is 4.79 Å². The van der Waals surface area contributed by atoms with Crippen molar-refractivity contribution < 1.29 is 19.4 Å². The Labute approximate surface area is 145 Å². The highest BCUT2D eigenvalue weighted by atomic mass is 32.1. The Morgan fingerprint density at radius 2 is 2.12 bits per heavy atom. The molecule has 130 valence electrons. The van der Waals surface area contributed by atoms with E-state index >= 15 is 0 Å². The second-order valence-corrected chi connectivity index (χ2v) is 8.08. The van der Waals surface area contributed by atoms with Gasteiger partial charge in [-0.15, -0.1) is 11.3 Å². The van der Waals surface area contributed by atoms with Crippen molar-refractivity contribution >= 4 is 23.2 Å². The predicted molar refractivity (Wildman–Crippen MR) is 89.5 cm³/mol. The Morgan fingerprint density at radius 3 is 2.75 bits per heavy atom. The molecule has 6 nitrogen and oxygen atoms in total. The van der Waals surface area contributed by atoms with Crippen molar-refractivity contribution in [3.8, 4) is 0 Å². The van der Waals surface area contributed by atoms with Crippen LogP contribution in [0.4, 0.5) is 0 Å². The number of carboxylic acids is 1. The van der Waals surface area contributed by atoms with Gasteiger partial charge in [-0.2, -0.15) is 0 Å². The zero-order valence-electron chi connectivity index (χ0n) is 13.8. The molecule has 1 aromatic rings. The normalized spacial score (nSPS) is 26.8. The van der Waals surface area contributed by atoms with Crippen LogP contribution >= 0.6 is 11.3 Å². The van der Waals surface area contributed by atoms with Crippen LogP contribution in [0.5, 0.6) is 0 Å². The maximum Gasteiger partial charge on any atom is 0.345 e. The van der Waals surface area contributed by atoms with Crippen LogP contribution in [0.3, 0.4) is 0 Å². The molecule has 24 heavy (non-hydrogen) atoms. The highest BCUT2D eigenvalue weighted by molar-refractivity contribution is 7.14. The van der Waals surface area contributed by atoms with Crippen LogP contribution in [-0.2, 0) is 21.6 Å². The summed E-state index contributed by atoms with van der Waals surface area (Å²) in [6, 6.07) is 1.82. The lowest BCUT2D eigenvalue weighted by atomic mass is 9.82. The van der Waals surface area contributed by atoms with Gasteiger partial charge in [0.05, 0.1) is 18.2 Å². The summed E-state index contributed by atoms with van der Waals surface area (Å²) in [5, 5.41) is 9.28. The first kappa shape index (κ1) is 16.1. The number of rotatable bonds is 2. The molecule has 1 amide bonds. The number of likely N-dealkylation sites (N-methyl/N-ethyl adjacent to an activating group) is 1. The minimum absolute atomic E-state index is 0.00691. The number of amides is 1. The van der Waals surface area contributed by atoms with Gasteiger partial charge in [-0.1, -0.05) is 0 Å². The van der Waals surface area contributed by atoms with Crippen LogP contribution in [-0.4, -0.2) is 66.1 Å². The van der Waals surface area contributed by atoms with Crippen LogP contribution < -0.4 is 0 Å². The number of likely N-dealkylation sites (tertiary alicyclic amines) is 2. The number of piperidine rings is 1. The van der Waals surface area contributed by atoms with Gasteiger partial charge < -0.3 is 14.7 Å². The van der Waals surface area contributed by atoms with Crippen LogP contribution in [0.15, 0.2) is 6.07 Å². The number of fused-ring (bicyclic) bond motifs is 2. The maximum absolute atomic E-state index is 12.2. The van der Waals surface area contributed by atoms with E-state index in [9.17, 15) is 14.7 Å². The highest BCUT2D eigenvalue weighted by Crippen LogP contribution is 2.45. The van der Waals surface area contributed by atoms with E-state index in [0.29, 0.717) is 11.5 Å². The number of ether oxygens (including phenoxy) is 1. The SMILES string of the molecule is CN1CCC(N2CCC3(CC2)OCCc2sc(C(=O)O)cc23)C1=O. The molecule has 3 aliphatic rings. The van der Waals surface area contributed by atoms with Crippen LogP contribution in [0.2, 0.25) is 0 Å². The Kier molecular flexibility index (Phi) is 3.89. The lowest BCUT2D eigenvalue weighted by Crippen LogP contribution is -2.51. The number of carbonyl (C=O) groups excluding carboxylic acids is 1.